The fourth-order valence-corrected chi connectivity index (χ4v) is 2.90. The number of nitro benzene ring substituents is 1. The van der Waals surface area contributed by atoms with Gasteiger partial charge in [-0.3, -0.25) is 10.1 Å². The molecular weight excluding hydrogens is 390 g/mol. The van der Waals surface area contributed by atoms with Crippen LogP contribution in [-0.4, -0.2) is 53.2 Å². The van der Waals surface area contributed by atoms with Crippen LogP contribution in [0.25, 0.3) is 0 Å². The average molecular weight is 419 g/mol. The van der Waals surface area contributed by atoms with Crippen molar-refractivity contribution in [2.75, 3.05) is 19.6 Å². The first kappa shape index (κ1) is 23.3. The van der Waals surface area contributed by atoms with Gasteiger partial charge in [0, 0.05) is 43.9 Å². The van der Waals surface area contributed by atoms with Crippen molar-refractivity contribution in [1.29, 1.82) is 0 Å². The molecule has 0 aromatic heterocycles. The van der Waals surface area contributed by atoms with Crippen LogP contribution >= 0.6 is 0 Å². The molecule has 0 bridgehead atoms. The Kier molecular flexibility index (Phi) is 8.35. The lowest BCUT2D eigenvalue weighted by molar-refractivity contribution is -0.384. The third-order valence-corrected chi connectivity index (χ3v) is 4.45. The second-order valence-corrected chi connectivity index (χ2v) is 8.08. The number of non-ortho nitro benzene ring substituents is 1. The molecule has 1 N–H and O–H groups in total. The Bertz CT molecular complexity index is 762. The van der Waals surface area contributed by atoms with Crippen LogP contribution < -0.4 is 5.32 Å². The van der Waals surface area contributed by atoms with Gasteiger partial charge in [0.15, 0.2) is 0 Å². The van der Waals surface area contributed by atoms with Crippen LogP contribution in [0.5, 0.6) is 0 Å². The van der Waals surface area contributed by atoms with Gasteiger partial charge in [-0.1, -0.05) is 6.08 Å². The lowest BCUT2D eigenvalue weighted by Crippen LogP contribution is -2.46. The number of nitro groups is 1. The number of ether oxygens (including phenoxy) is 2. The van der Waals surface area contributed by atoms with E-state index in [2.05, 4.69) is 5.32 Å². The zero-order valence-electron chi connectivity index (χ0n) is 17.6. The first-order chi connectivity index (χ1) is 14.1. The van der Waals surface area contributed by atoms with E-state index < -0.39 is 16.5 Å². The van der Waals surface area contributed by atoms with Crippen LogP contribution in [0.1, 0.15) is 39.2 Å². The summed E-state index contributed by atoms with van der Waals surface area (Å²) >= 11 is 0. The quantitative estimate of drug-likeness (QED) is 0.313. The Morgan fingerprint density at radius 3 is 2.43 bits per heavy atom. The molecule has 1 saturated heterocycles. The van der Waals surface area contributed by atoms with Gasteiger partial charge in [-0.2, -0.15) is 0 Å². The highest BCUT2D eigenvalue weighted by Crippen LogP contribution is 2.15. The number of amides is 1. The van der Waals surface area contributed by atoms with Crippen LogP contribution in [0.4, 0.5) is 10.5 Å². The molecule has 1 aliphatic heterocycles. The summed E-state index contributed by atoms with van der Waals surface area (Å²) in [5, 5.41) is 14.0. The van der Waals surface area contributed by atoms with E-state index in [1.807, 2.05) is 20.8 Å². The molecule has 0 saturated carbocycles. The summed E-state index contributed by atoms with van der Waals surface area (Å²) in [5.74, 6) is -0.477. The van der Waals surface area contributed by atoms with Crippen molar-refractivity contribution in [3.63, 3.8) is 0 Å². The summed E-state index contributed by atoms with van der Waals surface area (Å²) in [6.45, 7) is 7.38. The monoisotopic (exact) mass is 419 g/mol. The zero-order chi connectivity index (χ0) is 22.1. The molecule has 1 aliphatic rings. The van der Waals surface area contributed by atoms with Gasteiger partial charge in [0.25, 0.3) is 5.69 Å². The Labute approximate surface area is 176 Å². The molecule has 30 heavy (non-hydrogen) atoms. The molecule has 0 atom stereocenters. The maximum atomic E-state index is 12.1. The van der Waals surface area contributed by atoms with E-state index in [-0.39, 0.29) is 24.4 Å². The minimum Gasteiger partial charge on any atom is -0.458 e. The molecule has 1 aromatic carbocycles. The van der Waals surface area contributed by atoms with Crippen LogP contribution in [-0.2, 0) is 20.9 Å². The SMILES string of the molecule is CC(C)(C)OC(=O)N1CCC(NCC=CC(=O)OCc2ccc([N+](=O)[O-])cc2)CC1. The van der Waals surface area contributed by atoms with Crippen LogP contribution in [0.3, 0.4) is 0 Å². The number of likely N-dealkylation sites (tertiary alicyclic amines) is 1. The number of nitrogens with zero attached hydrogens (tertiary/aromatic N) is 2. The highest BCUT2D eigenvalue weighted by atomic mass is 16.6. The third-order valence-electron chi connectivity index (χ3n) is 4.45. The zero-order valence-corrected chi connectivity index (χ0v) is 17.6. The van der Waals surface area contributed by atoms with E-state index in [4.69, 9.17) is 9.47 Å². The topological polar surface area (TPSA) is 111 Å². The second-order valence-electron chi connectivity index (χ2n) is 8.08. The molecule has 0 unspecified atom stereocenters. The van der Waals surface area contributed by atoms with E-state index >= 15 is 0 Å². The van der Waals surface area contributed by atoms with Crippen molar-refractivity contribution in [3.8, 4) is 0 Å². The molecule has 0 aliphatic carbocycles. The molecule has 1 heterocycles. The summed E-state index contributed by atoms with van der Waals surface area (Å²) in [6, 6.07) is 6.12. The smallest absolute Gasteiger partial charge is 0.410 e. The van der Waals surface area contributed by atoms with Gasteiger partial charge < -0.3 is 19.7 Å². The number of piperidine rings is 1. The molecule has 1 amide bonds. The minimum atomic E-state index is -0.496. The molecule has 9 heteroatoms. The molecule has 0 radical (unpaired) electrons. The van der Waals surface area contributed by atoms with E-state index in [0.29, 0.717) is 25.2 Å². The van der Waals surface area contributed by atoms with Gasteiger partial charge in [-0.05, 0) is 51.3 Å². The first-order valence-electron chi connectivity index (χ1n) is 9.92. The van der Waals surface area contributed by atoms with Crippen LogP contribution in [0.15, 0.2) is 36.4 Å². The molecular formula is C21H29N3O6. The van der Waals surface area contributed by atoms with Gasteiger partial charge in [0.05, 0.1) is 4.92 Å². The highest BCUT2D eigenvalue weighted by Gasteiger charge is 2.26. The number of benzene rings is 1. The normalized spacial score (nSPS) is 15.2. The second kappa shape index (κ2) is 10.7. The van der Waals surface area contributed by atoms with Crippen molar-refractivity contribution < 1.29 is 24.0 Å². The van der Waals surface area contributed by atoms with Gasteiger partial charge >= 0.3 is 12.1 Å². The first-order valence-corrected chi connectivity index (χ1v) is 9.92. The van der Waals surface area contributed by atoms with E-state index in [1.165, 1.54) is 18.2 Å². The number of carbonyl (C=O) groups excluding carboxylic acids is 2. The van der Waals surface area contributed by atoms with Crippen molar-refractivity contribution in [2.24, 2.45) is 0 Å². The van der Waals surface area contributed by atoms with Crippen molar-refractivity contribution in [1.82, 2.24) is 10.2 Å². The van der Waals surface area contributed by atoms with Crippen molar-refractivity contribution in [2.45, 2.75) is 51.9 Å². The molecule has 164 valence electrons. The summed E-state index contributed by atoms with van der Waals surface area (Å²) < 4.78 is 10.5. The van der Waals surface area contributed by atoms with E-state index in [0.717, 1.165) is 12.8 Å². The predicted molar refractivity (Wildman–Crippen MR) is 111 cm³/mol. The van der Waals surface area contributed by atoms with Gasteiger partial charge in [0.2, 0.25) is 0 Å². The van der Waals surface area contributed by atoms with Crippen molar-refractivity contribution in [3.05, 3.63) is 52.1 Å². The maximum Gasteiger partial charge on any atom is 0.410 e. The molecule has 2 rings (SSSR count). The van der Waals surface area contributed by atoms with E-state index in [9.17, 15) is 19.7 Å². The molecule has 1 fully saturated rings. The number of esters is 1. The number of hydrogen-bond donors (Lipinski definition) is 1. The average Bonchev–Trinajstić information content (AvgIpc) is 2.69. The van der Waals surface area contributed by atoms with Gasteiger partial charge in [-0.15, -0.1) is 0 Å². The Balaban J connectivity index is 1.62. The predicted octanol–water partition coefficient (Wildman–Crippen LogP) is 3.18. The largest absolute Gasteiger partial charge is 0.458 e. The Hall–Kier alpha value is -2.94. The number of hydrogen-bond acceptors (Lipinski definition) is 7. The molecule has 0 spiro atoms. The fourth-order valence-electron chi connectivity index (χ4n) is 2.90. The highest BCUT2D eigenvalue weighted by molar-refractivity contribution is 5.81. The number of nitrogens with one attached hydrogen (secondary N) is 1. The molecule has 9 nitrogen and oxygen atoms in total. The third kappa shape index (κ3) is 8.20. The lowest BCUT2D eigenvalue weighted by Gasteiger charge is -2.33. The minimum absolute atomic E-state index is 0.00650. The maximum absolute atomic E-state index is 12.1. The number of carbonyl (C=O) groups is 2. The van der Waals surface area contributed by atoms with Crippen LogP contribution in [0.2, 0.25) is 0 Å². The summed E-state index contributed by atoms with van der Waals surface area (Å²) in [6.07, 6.45) is 4.40. The fraction of sp³-hybridized carbons (Fsp3) is 0.524. The van der Waals surface area contributed by atoms with Gasteiger partial charge in [0.1, 0.15) is 12.2 Å². The summed E-state index contributed by atoms with van der Waals surface area (Å²) in [4.78, 5) is 35.7. The standard InChI is InChI=1S/C21H29N3O6/c1-21(2,3)30-20(26)23-13-10-17(11-14-23)22-12-4-5-19(25)29-15-16-6-8-18(9-7-16)24(27)28/h4-9,17,22H,10-15H2,1-3H3. The van der Waals surface area contributed by atoms with E-state index in [1.54, 1.807) is 23.1 Å². The number of rotatable bonds is 7. The molecule has 1 aromatic rings. The van der Waals surface area contributed by atoms with Gasteiger partial charge in [-0.25, -0.2) is 9.59 Å². The van der Waals surface area contributed by atoms with Crippen molar-refractivity contribution >= 4 is 17.7 Å². The Morgan fingerprint density at radius 2 is 1.87 bits per heavy atom. The summed E-state index contributed by atoms with van der Waals surface area (Å²) in [7, 11) is 0. The summed E-state index contributed by atoms with van der Waals surface area (Å²) in [5.41, 5.74) is 0.176. The Morgan fingerprint density at radius 1 is 1.23 bits per heavy atom. The van der Waals surface area contributed by atoms with Crippen LogP contribution in [0, 0.1) is 10.1 Å². The lowest BCUT2D eigenvalue weighted by atomic mass is 10.1.